The highest BCUT2D eigenvalue weighted by Crippen LogP contribution is 2.24. The first-order valence-electron chi connectivity index (χ1n) is 7.43. The smallest absolute Gasteiger partial charge is 0.163 e. The fourth-order valence-electron chi connectivity index (χ4n) is 2.58. The van der Waals surface area contributed by atoms with Crippen molar-refractivity contribution in [1.29, 1.82) is 0 Å². The fourth-order valence-corrected chi connectivity index (χ4v) is 2.58. The minimum Gasteiger partial charge on any atom is -0.507 e. The number of carbonyl (C=O) groups excluding carboxylic acids is 1. The molecular weight excluding hydrogens is 270 g/mol. The number of hydrogen-bond acceptors (Lipinski definition) is 5. The number of likely N-dealkylation sites (tertiary alicyclic amines) is 1. The molecule has 1 aliphatic rings. The highest BCUT2D eigenvalue weighted by atomic mass is 16.5. The molecule has 1 aromatic rings. The van der Waals surface area contributed by atoms with E-state index in [0.29, 0.717) is 12.3 Å². The third kappa shape index (κ3) is 4.72. The Morgan fingerprint density at radius 1 is 1.33 bits per heavy atom. The Bertz CT molecular complexity index is 483. The molecule has 1 saturated heterocycles. The maximum absolute atomic E-state index is 11.2. The van der Waals surface area contributed by atoms with Crippen molar-refractivity contribution in [2.24, 2.45) is 0 Å². The van der Waals surface area contributed by atoms with Crippen molar-refractivity contribution >= 4 is 5.78 Å². The molecule has 116 valence electrons. The van der Waals surface area contributed by atoms with Crippen LogP contribution in [0.4, 0.5) is 0 Å². The van der Waals surface area contributed by atoms with E-state index < -0.39 is 6.10 Å². The van der Waals surface area contributed by atoms with E-state index in [2.05, 4.69) is 4.90 Å². The van der Waals surface area contributed by atoms with Crippen molar-refractivity contribution in [3.05, 3.63) is 23.8 Å². The number of ketones is 1. The van der Waals surface area contributed by atoms with Gasteiger partial charge < -0.3 is 19.8 Å². The second-order valence-corrected chi connectivity index (χ2v) is 5.56. The van der Waals surface area contributed by atoms with Gasteiger partial charge >= 0.3 is 0 Å². The highest BCUT2D eigenvalue weighted by Gasteiger charge is 2.15. The number of ether oxygens (including phenoxy) is 1. The predicted molar refractivity (Wildman–Crippen MR) is 79.9 cm³/mol. The van der Waals surface area contributed by atoms with Gasteiger partial charge in [-0.1, -0.05) is 6.42 Å². The number of aliphatic hydroxyl groups is 1. The van der Waals surface area contributed by atoms with Crippen LogP contribution in [0.1, 0.15) is 36.5 Å². The summed E-state index contributed by atoms with van der Waals surface area (Å²) in [6.07, 6.45) is 3.09. The molecule has 0 saturated carbocycles. The summed E-state index contributed by atoms with van der Waals surface area (Å²) < 4.78 is 5.48. The Kier molecular flexibility index (Phi) is 5.59. The molecule has 0 radical (unpaired) electrons. The number of aromatic hydroxyl groups is 1. The van der Waals surface area contributed by atoms with E-state index in [1.165, 1.54) is 38.3 Å². The first-order valence-corrected chi connectivity index (χ1v) is 7.43. The molecule has 1 heterocycles. The van der Waals surface area contributed by atoms with E-state index in [-0.39, 0.29) is 23.7 Å². The van der Waals surface area contributed by atoms with E-state index in [1.54, 1.807) is 6.07 Å². The molecule has 2 rings (SSSR count). The van der Waals surface area contributed by atoms with E-state index in [1.807, 2.05) is 0 Å². The molecule has 0 aliphatic carbocycles. The van der Waals surface area contributed by atoms with E-state index in [9.17, 15) is 15.0 Å². The number of phenolic OH excluding ortho intramolecular Hbond substituents is 1. The number of phenols is 1. The quantitative estimate of drug-likeness (QED) is 0.783. The van der Waals surface area contributed by atoms with Crippen LogP contribution in [0.2, 0.25) is 0 Å². The Morgan fingerprint density at radius 3 is 2.67 bits per heavy atom. The minimum absolute atomic E-state index is 0.0921. The number of nitrogens with zero attached hydrogens (tertiary/aromatic N) is 1. The number of piperidine rings is 1. The van der Waals surface area contributed by atoms with Crippen molar-refractivity contribution < 1.29 is 19.7 Å². The number of benzene rings is 1. The number of Topliss-reactive ketones (excluding diaryl/α,β-unsaturated/α-hetero) is 1. The zero-order chi connectivity index (χ0) is 15.2. The maximum Gasteiger partial charge on any atom is 0.163 e. The molecule has 0 spiro atoms. The van der Waals surface area contributed by atoms with Gasteiger partial charge in [0.05, 0.1) is 5.56 Å². The molecule has 1 atom stereocenters. The van der Waals surface area contributed by atoms with Crippen LogP contribution in [0.5, 0.6) is 11.5 Å². The van der Waals surface area contributed by atoms with Gasteiger partial charge in [0, 0.05) is 12.6 Å². The van der Waals surface area contributed by atoms with Crippen LogP contribution >= 0.6 is 0 Å². The lowest BCUT2D eigenvalue weighted by Crippen LogP contribution is -2.38. The number of rotatable bonds is 6. The van der Waals surface area contributed by atoms with Crippen molar-refractivity contribution in [3.63, 3.8) is 0 Å². The molecular formula is C16H23NO4. The summed E-state index contributed by atoms with van der Waals surface area (Å²) in [7, 11) is 0. The van der Waals surface area contributed by atoms with Crippen molar-refractivity contribution in [2.75, 3.05) is 26.2 Å². The average molecular weight is 293 g/mol. The Hall–Kier alpha value is -1.59. The lowest BCUT2D eigenvalue weighted by molar-refractivity contribution is 0.0616. The van der Waals surface area contributed by atoms with Gasteiger partial charge in [0.1, 0.15) is 24.2 Å². The molecule has 5 nitrogen and oxygen atoms in total. The van der Waals surface area contributed by atoms with Gasteiger partial charge in [0.25, 0.3) is 0 Å². The maximum atomic E-state index is 11.2. The van der Waals surface area contributed by atoms with E-state index in [0.717, 1.165) is 13.1 Å². The van der Waals surface area contributed by atoms with Gasteiger partial charge in [-0.3, -0.25) is 4.79 Å². The first kappa shape index (κ1) is 15.8. The van der Waals surface area contributed by atoms with Crippen LogP contribution in [0, 0.1) is 0 Å². The topological polar surface area (TPSA) is 70.0 Å². The monoisotopic (exact) mass is 293 g/mol. The molecule has 21 heavy (non-hydrogen) atoms. The van der Waals surface area contributed by atoms with Crippen molar-refractivity contribution in [1.82, 2.24) is 4.90 Å². The highest BCUT2D eigenvalue weighted by molar-refractivity contribution is 5.96. The molecule has 0 amide bonds. The Morgan fingerprint density at radius 2 is 2.05 bits per heavy atom. The normalized spacial score (nSPS) is 17.4. The SMILES string of the molecule is CC(=O)c1ccc(OC[C@H](O)CN2CCCCC2)cc1O. The number of hydrogen-bond donors (Lipinski definition) is 2. The summed E-state index contributed by atoms with van der Waals surface area (Å²) in [5.74, 6) is 0.171. The minimum atomic E-state index is -0.558. The van der Waals surface area contributed by atoms with Gasteiger partial charge in [0.2, 0.25) is 0 Å². The van der Waals surface area contributed by atoms with Crippen LogP contribution in [-0.2, 0) is 0 Å². The molecule has 2 N–H and O–H groups in total. The lowest BCUT2D eigenvalue weighted by Gasteiger charge is -2.28. The molecule has 1 aromatic carbocycles. The summed E-state index contributed by atoms with van der Waals surface area (Å²) in [5, 5.41) is 19.7. The summed E-state index contributed by atoms with van der Waals surface area (Å²) in [4.78, 5) is 13.5. The van der Waals surface area contributed by atoms with Crippen molar-refractivity contribution in [3.8, 4) is 11.5 Å². The largest absolute Gasteiger partial charge is 0.507 e. The zero-order valence-electron chi connectivity index (χ0n) is 12.4. The van der Waals surface area contributed by atoms with Crippen LogP contribution < -0.4 is 4.74 Å². The third-order valence-corrected chi connectivity index (χ3v) is 3.71. The van der Waals surface area contributed by atoms with E-state index >= 15 is 0 Å². The van der Waals surface area contributed by atoms with E-state index in [4.69, 9.17) is 4.74 Å². The third-order valence-electron chi connectivity index (χ3n) is 3.71. The van der Waals surface area contributed by atoms with Crippen LogP contribution in [0.3, 0.4) is 0 Å². The number of β-amino-alcohol motifs (C(OH)–C–C–N with tert-alkyl or cyclic N) is 1. The molecule has 0 unspecified atom stereocenters. The van der Waals surface area contributed by atoms with Gasteiger partial charge in [-0.15, -0.1) is 0 Å². The second-order valence-electron chi connectivity index (χ2n) is 5.56. The predicted octanol–water partition coefficient (Wildman–Crippen LogP) is 1.82. The van der Waals surface area contributed by atoms with Crippen molar-refractivity contribution in [2.45, 2.75) is 32.3 Å². The average Bonchev–Trinajstić information content (AvgIpc) is 2.46. The van der Waals surface area contributed by atoms with Gasteiger partial charge in [-0.25, -0.2) is 0 Å². The standard InChI is InChI=1S/C16H23NO4/c1-12(18)15-6-5-14(9-16(15)20)21-11-13(19)10-17-7-3-2-4-8-17/h5-6,9,13,19-20H,2-4,7-8,10-11H2,1H3/t13-/m1/s1. The molecule has 5 heteroatoms. The van der Waals surface area contributed by atoms with Crippen LogP contribution in [0.25, 0.3) is 0 Å². The molecule has 0 aromatic heterocycles. The zero-order valence-corrected chi connectivity index (χ0v) is 12.4. The first-order chi connectivity index (χ1) is 10.1. The van der Waals surface area contributed by atoms with Crippen LogP contribution in [-0.4, -0.2) is 53.2 Å². The van der Waals surface area contributed by atoms with Gasteiger partial charge in [0.15, 0.2) is 5.78 Å². The molecule has 1 aliphatic heterocycles. The van der Waals surface area contributed by atoms with Gasteiger partial charge in [-0.05, 0) is 45.0 Å². The fraction of sp³-hybridized carbons (Fsp3) is 0.562. The number of carbonyl (C=O) groups is 1. The summed E-state index contributed by atoms with van der Waals surface area (Å²) in [6, 6.07) is 4.57. The number of aliphatic hydroxyl groups excluding tert-OH is 1. The van der Waals surface area contributed by atoms with Gasteiger partial charge in [-0.2, -0.15) is 0 Å². The summed E-state index contributed by atoms with van der Waals surface area (Å²) in [5.41, 5.74) is 0.274. The Labute approximate surface area is 125 Å². The summed E-state index contributed by atoms with van der Waals surface area (Å²) >= 11 is 0. The lowest BCUT2D eigenvalue weighted by atomic mass is 10.1. The molecule has 1 fully saturated rings. The van der Waals surface area contributed by atoms with Crippen LogP contribution in [0.15, 0.2) is 18.2 Å². The Balaban J connectivity index is 1.81. The second kappa shape index (κ2) is 7.43. The summed E-state index contributed by atoms with van der Waals surface area (Å²) in [6.45, 7) is 4.25. The molecule has 0 bridgehead atoms.